The molecule has 0 spiro atoms. The van der Waals surface area contributed by atoms with Crippen LogP contribution < -0.4 is 36.1 Å². The van der Waals surface area contributed by atoms with Crippen LogP contribution in [-0.4, -0.2) is 209 Å². The minimum Gasteiger partial charge on any atom is -0.462 e. The number of carbonyl (C=O) groups is 5. The molecule has 7 aromatic carbocycles. The highest BCUT2D eigenvalue weighted by atomic mass is 35.5. The Morgan fingerprint density at radius 1 is 0.459 bits per heavy atom. The van der Waals surface area contributed by atoms with Crippen LogP contribution in [0.25, 0.3) is 32.7 Å². The first kappa shape index (κ1) is 80.8. The molecule has 3 aliphatic rings. The number of nitrogens with one attached hydrogen (secondary N) is 1. The molecular formula is C84H94ClFN12O12S. The molecule has 13 rings (SSSR count). The first-order valence-corrected chi connectivity index (χ1v) is 39.1. The van der Waals surface area contributed by atoms with Gasteiger partial charge in [-0.25, -0.2) is 22.4 Å². The highest BCUT2D eigenvalue weighted by Gasteiger charge is 2.34. The number of nitrogens with zero attached hydrogens (tertiary/aromatic N) is 11. The van der Waals surface area contributed by atoms with E-state index < -0.39 is 33.3 Å². The first-order valence-electron chi connectivity index (χ1n) is 37.2. The predicted molar refractivity (Wildman–Crippen MR) is 434 cm³/mol. The summed E-state index contributed by atoms with van der Waals surface area (Å²) in [7, 11) is 5.56. The number of para-hydroxylation sites is 3. The highest BCUT2D eigenvalue weighted by molar-refractivity contribution is 7.92. The van der Waals surface area contributed by atoms with Crippen molar-refractivity contribution in [1.29, 1.82) is 0 Å². The van der Waals surface area contributed by atoms with Crippen molar-refractivity contribution in [1.82, 2.24) is 38.2 Å². The second-order valence-electron chi connectivity index (χ2n) is 27.9. The molecule has 0 bridgehead atoms. The van der Waals surface area contributed by atoms with Gasteiger partial charge in [0.2, 0.25) is 0 Å². The van der Waals surface area contributed by atoms with Crippen molar-refractivity contribution < 1.29 is 46.3 Å². The second kappa shape index (κ2) is 36.6. The van der Waals surface area contributed by atoms with Gasteiger partial charge in [-0.2, -0.15) is 0 Å². The van der Waals surface area contributed by atoms with E-state index in [0.29, 0.717) is 136 Å². The van der Waals surface area contributed by atoms with Crippen LogP contribution in [0.3, 0.4) is 0 Å². The maximum atomic E-state index is 13.8. The van der Waals surface area contributed by atoms with E-state index in [1.165, 1.54) is 41.0 Å². The molecule has 111 heavy (non-hydrogen) atoms. The number of ether oxygens (including phenoxy) is 2. The summed E-state index contributed by atoms with van der Waals surface area (Å²) in [6, 6.07) is 50.7. The molecule has 3 saturated heterocycles. The smallest absolute Gasteiger partial charge is 0.345 e. The Morgan fingerprint density at radius 3 is 1.23 bits per heavy atom. The van der Waals surface area contributed by atoms with Gasteiger partial charge in [0, 0.05) is 137 Å². The lowest BCUT2D eigenvalue weighted by Gasteiger charge is -2.37. The van der Waals surface area contributed by atoms with Crippen LogP contribution in [0.2, 0.25) is 5.02 Å². The average Bonchev–Trinajstić information content (AvgIpc) is 0.758. The Labute approximate surface area is 650 Å². The largest absolute Gasteiger partial charge is 0.462 e. The molecule has 1 N–H and O–H groups in total. The van der Waals surface area contributed by atoms with Gasteiger partial charge in [0.05, 0.1) is 51.7 Å². The molecule has 3 fully saturated rings. The van der Waals surface area contributed by atoms with Crippen LogP contribution in [0.15, 0.2) is 195 Å². The monoisotopic (exact) mass is 1550 g/mol. The van der Waals surface area contributed by atoms with Crippen LogP contribution >= 0.6 is 11.6 Å². The molecule has 0 aliphatic carbocycles. The molecule has 10 aromatic rings. The summed E-state index contributed by atoms with van der Waals surface area (Å²) in [4.78, 5) is 122. The Hall–Kier alpha value is -11.2. The van der Waals surface area contributed by atoms with Crippen molar-refractivity contribution in [3.05, 3.63) is 251 Å². The minimum absolute atomic E-state index is 0.00427. The van der Waals surface area contributed by atoms with Crippen LogP contribution in [0.5, 0.6) is 0 Å². The summed E-state index contributed by atoms with van der Waals surface area (Å²) in [5.74, 6) is -1.94. The number of rotatable bonds is 21. The summed E-state index contributed by atoms with van der Waals surface area (Å²) in [6.45, 7) is 13.6. The van der Waals surface area contributed by atoms with Gasteiger partial charge >= 0.3 is 11.9 Å². The molecule has 0 radical (unpaired) electrons. The molecular weight excluding hydrogens is 1460 g/mol. The number of hydrogen-bond donors (Lipinski definition) is 1. The number of piperazine rings is 3. The molecule has 6 heterocycles. The van der Waals surface area contributed by atoms with Gasteiger partial charge in [-0.15, -0.1) is 0 Å². The average molecular weight is 1550 g/mol. The number of esters is 2. The number of halogens is 2. The maximum Gasteiger partial charge on any atom is 0.345 e. The van der Waals surface area contributed by atoms with Gasteiger partial charge < -0.3 is 62.4 Å². The molecule has 27 heteroatoms. The van der Waals surface area contributed by atoms with Crippen molar-refractivity contribution in [2.75, 3.05) is 152 Å². The summed E-state index contributed by atoms with van der Waals surface area (Å²) in [5, 5.41) is 2.96. The van der Waals surface area contributed by atoms with E-state index in [0.717, 1.165) is 58.7 Å². The van der Waals surface area contributed by atoms with E-state index in [4.69, 9.17) is 21.1 Å². The fourth-order valence-electron chi connectivity index (χ4n) is 14.3. The normalized spacial score (nSPS) is 13.9. The zero-order valence-electron chi connectivity index (χ0n) is 63.9. The fourth-order valence-corrected chi connectivity index (χ4v) is 15.5. The van der Waals surface area contributed by atoms with Gasteiger partial charge in [0.15, 0.2) is 0 Å². The fraction of sp³-hybridized carbons (Fsp3) is 0.333. The molecule has 3 aliphatic heterocycles. The summed E-state index contributed by atoms with van der Waals surface area (Å²) >= 11 is 5.97. The number of sulfonamides is 1. The van der Waals surface area contributed by atoms with Gasteiger partial charge in [0.1, 0.15) is 22.6 Å². The Kier molecular flexibility index (Phi) is 26.6. The standard InChI is InChI=1S/C28H33ClN4O4.C28H33FN4O4.C28H28N4O4S/c2*1-4-37-28(36)24-25(22-8-5-6-9-23(22)33(27(24)35)15-7-14-30(2)3)31-16-18-32(19-17-31)26(34)20-10-12-21(29)13-11-20;1-20-12-14-22(15-13-20)37(35,36)29-25-26(23-10-6-7-11-24(23)30(2)28(25)34)31-16-18-32(19-17-31)27(33)21-8-4-3-5-9-21/h2*5-6,8-13H,4,7,14-19H2,1-3H3;3-15,29H,16-19H2,1-2H3. The number of fused-ring (bicyclic) bond motifs is 3. The van der Waals surface area contributed by atoms with Crippen molar-refractivity contribution in [2.24, 2.45) is 7.05 Å². The molecule has 0 saturated carbocycles. The first-order chi connectivity index (χ1) is 53.4. The number of hydrogen-bond acceptors (Lipinski definition) is 17. The van der Waals surface area contributed by atoms with Crippen LogP contribution in [0, 0.1) is 12.7 Å². The van der Waals surface area contributed by atoms with Crippen molar-refractivity contribution in [3.8, 4) is 0 Å². The third-order valence-electron chi connectivity index (χ3n) is 19.9. The number of amides is 3. The highest BCUT2D eigenvalue weighted by Crippen LogP contribution is 2.36. The predicted octanol–water partition coefficient (Wildman–Crippen LogP) is 10.6. The molecule has 3 aromatic heterocycles. The molecule has 24 nitrogen and oxygen atoms in total. The number of anilines is 4. The Bertz CT molecular complexity index is 5120. The van der Waals surface area contributed by atoms with E-state index in [1.807, 2.05) is 141 Å². The topological polar surface area (TPSA) is 242 Å². The van der Waals surface area contributed by atoms with Crippen molar-refractivity contribution >= 4 is 107 Å². The number of pyridine rings is 3. The molecule has 0 unspecified atom stereocenters. The number of aryl methyl sites for hydroxylation is 4. The molecule has 582 valence electrons. The second-order valence-corrected chi connectivity index (χ2v) is 30.0. The summed E-state index contributed by atoms with van der Waals surface area (Å²) in [5.41, 5.74) is 5.43. The number of carbonyl (C=O) groups excluding carboxylic acids is 5. The third-order valence-corrected chi connectivity index (χ3v) is 21.5. The van der Waals surface area contributed by atoms with Gasteiger partial charge in [-0.05, 0) is 166 Å². The van der Waals surface area contributed by atoms with Gasteiger partial charge in [-0.3, -0.25) is 33.5 Å². The lowest BCUT2D eigenvalue weighted by atomic mass is 10.1. The number of benzene rings is 7. The van der Waals surface area contributed by atoms with Crippen LogP contribution in [0.4, 0.5) is 27.1 Å². The van der Waals surface area contributed by atoms with Crippen molar-refractivity contribution in [3.63, 3.8) is 0 Å². The molecule has 3 amide bonds. The van der Waals surface area contributed by atoms with Gasteiger partial charge in [-0.1, -0.05) is 102 Å². The minimum atomic E-state index is -4.01. The zero-order valence-corrected chi connectivity index (χ0v) is 65.4. The van der Waals surface area contributed by atoms with Crippen molar-refractivity contribution in [2.45, 2.75) is 51.6 Å². The number of aromatic nitrogens is 3. The van der Waals surface area contributed by atoms with Gasteiger partial charge in [0.25, 0.3) is 44.4 Å². The SMILES string of the molecule is CCOC(=O)c1c(N2CCN(C(=O)c3ccc(Cl)cc3)CC2)c2ccccc2n(CCCN(C)C)c1=O.CCOC(=O)c1c(N2CCN(C(=O)c3ccc(F)cc3)CC2)c2ccccc2n(CCCN(C)C)c1=O.Cc1ccc(S(=O)(=O)Nc2c(N3CCN(C(=O)c4ccccc4)CC3)c3ccccc3n(C)c2=O)cc1. The maximum absolute atomic E-state index is 13.8. The lowest BCUT2D eigenvalue weighted by Crippen LogP contribution is -2.49. The summed E-state index contributed by atoms with van der Waals surface area (Å²) in [6.07, 6.45) is 1.52. The Balaban J connectivity index is 0.000000165. The van der Waals surface area contributed by atoms with E-state index in [9.17, 15) is 51.2 Å². The zero-order chi connectivity index (χ0) is 79.2. The molecule has 0 atom stereocenters. The van der Waals surface area contributed by atoms with Crippen LogP contribution in [-0.2, 0) is 39.6 Å². The van der Waals surface area contributed by atoms with Crippen LogP contribution in [0.1, 0.15) is 84.0 Å². The third kappa shape index (κ3) is 18.7. The van der Waals surface area contributed by atoms with E-state index >= 15 is 0 Å². The summed E-state index contributed by atoms with van der Waals surface area (Å²) < 4.78 is 58.0. The van der Waals surface area contributed by atoms with E-state index in [1.54, 1.807) is 93.3 Å². The van der Waals surface area contributed by atoms with E-state index in [-0.39, 0.29) is 63.8 Å². The quantitative estimate of drug-likeness (QED) is 0.0658. The Morgan fingerprint density at radius 2 is 0.820 bits per heavy atom. The van der Waals surface area contributed by atoms with E-state index in [2.05, 4.69) is 14.5 Å². The lowest BCUT2D eigenvalue weighted by molar-refractivity contribution is 0.0514.